The van der Waals surface area contributed by atoms with E-state index in [9.17, 15) is 0 Å². The summed E-state index contributed by atoms with van der Waals surface area (Å²) >= 11 is 5.98. The molecule has 0 fully saturated rings. The lowest BCUT2D eigenvalue weighted by molar-refractivity contribution is 0.177. The van der Waals surface area contributed by atoms with Gasteiger partial charge in [0.25, 0.3) is 0 Å². The van der Waals surface area contributed by atoms with Gasteiger partial charge in [0.1, 0.15) is 0 Å². The minimum absolute atomic E-state index is 0.0249. The number of hydroxylamine groups is 2. The van der Waals surface area contributed by atoms with E-state index >= 15 is 0 Å². The number of halogens is 1. The maximum Gasteiger partial charge on any atom is 0.350 e. The van der Waals surface area contributed by atoms with E-state index < -0.39 is 0 Å². The molecule has 148 valence electrons. The second-order valence-corrected chi connectivity index (χ2v) is 7.28. The van der Waals surface area contributed by atoms with Crippen molar-refractivity contribution in [3.05, 3.63) is 28.8 Å². The van der Waals surface area contributed by atoms with Crippen molar-refractivity contribution in [2.45, 2.75) is 77.0 Å². The Balaban J connectivity index is 1.55. The molecule has 0 aromatic carbocycles. The largest absolute Gasteiger partial charge is 0.350 e. The smallest absolute Gasteiger partial charge is 0.340 e. The highest BCUT2D eigenvalue weighted by molar-refractivity contribution is 6.28. The van der Waals surface area contributed by atoms with Crippen molar-refractivity contribution in [3.63, 3.8) is 0 Å². The predicted molar refractivity (Wildman–Crippen MR) is 104 cm³/mol. The van der Waals surface area contributed by atoms with Crippen molar-refractivity contribution < 1.29 is 9.68 Å². The monoisotopic (exact) mass is 393 g/mol. The number of aromatic nitrogens is 3. The van der Waals surface area contributed by atoms with Gasteiger partial charge in [-0.2, -0.15) is 9.97 Å². The van der Waals surface area contributed by atoms with E-state index in [1.807, 2.05) is 0 Å². The molecule has 27 heavy (non-hydrogen) atoms. The zero-order chi connectivity index (χ0) is 18.7. The Morgan fingerprint density at radius 1 is 0.667 bits per heavy atom. The number of hydrogen-bond donors (Lipinski definition) is 2. The molecule has 7 nitrogen and oxygen atoms in total. The van der Waals surface area contributed by atoms with Gasteiger partial charge in [0, 0.05) is 11.4 Å². The Kier molecular flexibility index (Phi) is 8.02. The van der Waals surface area contributed by atoms with Crippen molar-refractivity contribution in [3.8, 4) is 12.0 Å². The van der Waals surface area contributed by atoms with E-state index in [4.69, 9.17) is 21.3 Å². The van der Waals surface area contributed by atoms with Crippen LogP contribution in [0.3, 0.4) is 0 Å². The van der Waals surface area contributed by atoms with Gasteiger partial charge in [-0.25, -0.2) is 11.0 Å². The van der Waals surface area contributed by atoms with Gasteiger partial charge in [-0.3, -0.25) is 0 Å². The van der Waals surface area contributed by atoms with Crippen LogP contribution in [0.25, 0.3) is 0 Å². The Hall–Kier alpha value is -2.02. The molecule has 0 spiro atoms. The lowest BCUT2D eigenvalue weighted by Gasteiger charge is -2.14. The van der Waals surface area contributed by atoms with Crippen LogP contribution < -0.4 is 20.6 Å². The third-order valence-electron chi connectivity index (χ3n) is 4.70. The quantitative estimate of drug-likeness (QED) is 0.673. The van der Waals surface area contributed by atoms with Crippen LogP contribution in [0.15, 0.2) is 23.5 Å². The summed E-state index contributed by atoms with van der Waals surface area (Å²) in [4.78, 5) is 23.1. The minimum atomic E-state index is 0.0249. The second kappa shape index (κ2) is 11.0. The van der Waals surface area contributed by atoms with Crippen LogP contribution >= 0.6 is 11.6 Å². The SMILES string of the molecule is Clc1nc(ONC2=CCCCCCC2)nc(ONC2=CCCCCCC2)n1. The van der Waals surface area contributed by atoms with Gasteiger partial charge < -0.3 is 9.68 Å². The van der Waals surface area contributed by atoms with Crippen molar-refractivity contribution >= 4 is 11.6 Å². The molecule has 0 saturated carbocycles. The van der Waals surface area contributed by atoms with E-state index in [0.717, 1.165) is 49.9 Å². The third kappa shape index (κ3) is 7.25. The molecular weight excluding hydrogens is 366 g/mol. The van der Waals surface area contributed by atoms with Crippen LogP contribution in [0.2, 0.25) is 5.28 Å². The molecule has 2 N–H and O–H groups in total. The number of allylic oxidation sites excluding steroid dienone is 4. The Bertz CT molecular complexity index is 613. The second-order valence-electron chi connectivity index (χ2n) is 6.94. The summed E-state index contributed by atoms with van der Waals surface area (Å²) < 4.78 is 0. The first kappa shape index (κ1) is 19.7. The average molecular weight is 394 g/mol. The van der Waals surface area contributed by atoms with E-state index in [2.05, 4.69) is 38.1 Å². The molecule has 0 saturated heterocycles. The van der Waals surface area contributed by atoms with E-state index in [1.165, 1.54) is 38.5 Å². The van der Waals surface area contributed by atoms with Crippen LogP contribution in [0.1, 0.15) is 77.0 Å². The lowest BCUT2D eigenvalue weighted by Crippen LogP contribution is -2.22. The van der Waals surface area contributed by atoms with Crippen LogP contribution in [0.4, 0.5) is 0 Å². The van der Waals surface area contributed by atoms with Crippen LogP contribution in [-0.2, 0) is 0 Å². The molecule has 2 aliphatic rings. The molecule has 2 aliphatic carbocycles. The van der Waals surface area contributed by atoms with Gasteiger partial charge in [-0.05, 0) is 63.0 Å². The standard InChI is InChI=1S/C19H28ClN5O2/c20-17-21-18(26-24-15-11-7-3-1-4-8-12-15)23-19(22-17)27-25-16-13-9-5-2-6-10-14-16/h11,13,24-25H,1-10,12,14H2. The molecule has 3 rings (SSSR count). The van der Waals surface area contributed by atoms with E-state index in [1.54, 1.807) is 0 Å². The number of nitrogens with zero attached hydrogens (tertiary/aromatic N) is 3. The molecule has 0 unspecified atom stereocenters. The first-order valence-corrected chi connectivity index (χ1v) is 10.3. The Morgan fingerprint density at radius 2 is 1.15 bits per heavy atom. The number of nitrogens with one attached hydrogen (secondary N) is 2. The zero-order valence-electron chi connectivity index (χ0n) is 15.7. The summed E-state index contributed by atoms with van der Waals surface area (Å²) in [5.41, 5.74) is 7.98. The zero-order valence-corrected chi connectivity index (χ0v) is 16.4. The van der Waals surface area contributed by atoms with Crippen molar-refractivity contribution in [2.24, 2.45) is 0 Å². The van der Waals surface area contributed by atoms with Gasteiger partial charge in [0.05, 0.1) is 0 Å². The van der Waals surface area contributed by atoms with Gasteiger partial charge >= 0.3 is 12.0 Å². The first-order chi connectivity index (χ1) is 13.3. The summed E-state index contributed by atoms with van der Waals surface area (Å²) in [6.07, 6.45) is 18.1. The van der Waals surface area contributed by atoms with Gasteiger partial charge in [0.2, 0.25) is 5.28 Å². The van der Waals surface area contributed by atoms with Gasteiger partial charge in [0.15, 0.2) is 0 Å². The van der Waals surface area contributed by atoms with E-state index in [-0.39, 0.29) is 17.3 Å². The predicted octanol–water partition coefficient (Wildman–Crippen LogP) is 4.77. The maximum atomic E-state index is 5.98. The summed E-state index contributed by atoms with van der Waals surface area (Å²) in [6.45, 7) is 0. The number of hydrogen-bond acceptors (Lipinski definition) is 7. The highest BCUT2D eigenvalue weighted by Gasteiger charge is 2.11. The average Bonchev–Trinajstić information content (AvgIpc) is 2.59. The molecule has 0 amide bonds. The Labute approximate surface area is 165 Å². The lowest BCUT2D eigenvalue weighted by atomic mass is 10.0. The van der Waals surface area contributed by atoms with Crippen LogP contribution in [-0.4, -0.2) is 15.0 Å². The molecule has 1 aromatic heterocycles. The van der Waals surface area contributed by atoms with Crippen molar-refractivity contribution in [1.29, 1.82) is 0 Å². The molecular formula is C19H28ClN5O2. The van der Waals surface area contributed by atoms with Crippen molar-refractivity contribution in [2.75, 3.05) is 0 Å². The highest BCUT2D eigenvalue weighted by atomic mass is 35.5. The summed E-state index contributed by atoms with van der Waals surface area (Å²) in [6, 6.07) is 0.169. The molecule has 8 heteroatoms. The maximum absolute atomic E-state index is 5.98. The molecule has 1 heterocycles. The van der Waals surface area contributed by atoms with Crippen LogP contribution in [0, 0.1) is 0 Å². The first-order valence-electron chi connectivity index (χ1n) is 9.95. The molecule has 0 bridgehead atoms. The fourth-order valence-corrected chi connectivity index (χ4v) is 3.34. The summed E-state index contributed by atoms with van der Waals surface area (Å²) in [5, 5.41) is 0.0249. The molecule has 0 radical (unpaired) electrons. The minimum Gasteiger partial charge on any atom is -0.340 e. The molecule has 0 aliphatic heterocycles. The normalized spacial score (nSPS) is 18.7. The third-order valence-corrected chi connectivity index (χ3v) is 4.86. The molecule has 1 aromatic rings. The molecule has 0 atom stereocenters. The fraction of sp³-hybridized carbons (Fsp3) is 0.632. The Morgan fingerprint density at radius 3 is 1.67 bits per heavy atom. The summed E-state index contributed by atoms with van der Waals surface area (Å²) in [7, 11) is 0. The van der Waals surface area contributed by atoms with E-state index in [0.29, 0.717) is 0 Å². The fourth-order valence-electron chi connectivity index (χ4n) is 3.20. The van der Waals surface area contributed by atoms with Gasteiger partial charge in [-0.15, -0.1) is 4.98 Å². The van der Waals surface area contributed by atoms with Crippen LogP contribution in [0.5, 0.6) is 12.0 Å². The topological polar surface area (TPSA) is 81.2 Å². The van der Waals surface area contributed by atoms with Gasteiger partial charge in [-0.1, -0.05) is 37.8 Å². The van der Waals surface area contributed by atoms with Crippen molar-refractivity contribution in [1.82, 2.24) is 25.9 Å². The highest BCUT2D eigenvalue weighted by Crippen LogP contribution is 2.18. The number of rotatable bonds is 6. The summed E-state index contributed by atoms with van der Waals surface area (Å²) in [5.74, 6) is 0.